The van der Waals surface area contributed by atoms with Crippen molar-refractivity contribution in [3.05, 3.63) is 35.9 Å². The molecular formula is C21H24Cl3NO9. The highest BCUT2D eigenvalue weighted by Gasteiger charge is 2.53. The molecule has 0 unspecified atom stereocenters. The summed E-state index contributed by atoms with van der Waals surface area (Å²) in [5.74, 6) is -2.88. The molecule has 1 heterocycles. The van der Waals surface area contributed by atoms with Crippen LogP contribution < -0.4 is 0 Å². The van der Waals surface area contributed by atoms with E-state index in [-0.39, 0.29) is 13.2 Å². The van der Waals surface area contributed by atoms with Gasteiger partial charge >= 0.3 is 17.9 Å². The van der Waals surface area contributed by atoms with Crippen molar-refractivity contribution in [1.82, 2.24) is 0 Å². The third-order valence-electron chi connectivity index (χ3n) is 4.42. The van der Waals surface area contributed by atoms with Gasteiger partial charge in [0, 0.05) is 20.8 Å². The van der Waals surface area contributed by atoms with Gasteiger partial charge < -0.3 is 28.4 Å². The lowest BCUT2D eigenvalue weighted by molar-refractivity contribution is -0.298. The molecule has 1 aliphatic rings. The Kier molecular flexibility index (Phi) is 10.4. The zero-order valence-corrected chi connectivity index (χ0v) is 20.8. The molecule has 0 saturated carbocycles. The predicted octanol–water partition coefficient (Wildman–Crippen LogP) is 3.09. The van der Waals surface area contributed by atoms with Crippen LogP contribution in [0.4, 0.5) is 0 Å². The minimum absolute atomic E-state index is 0.0238. The van der Waals surface area contributed by atoms with Crippen molar-refractivity contribution in [2.45, 2.75) is 61.9 Å². The van der Waals surface area contributed by atoms with E-state index in [1.807, 2.05) is 6.07 Å². The molecule has 1 aromatic rings. The summed E-state index contributed by atoms with van der Waals surface area (Å²) < 4.78 is 30.7. The lowest BCUT2D eigenvalue weighted by Crippen LogP contribution is -2.63. The normalized spacial score (nSPS) is 24.6. The molecule has 188 valence electrons. The molecule has 0 aromatic heterocycles. The maximum Gasteiger partial charge on any atom is 0.303 e. The highest BCUT2D eigenvalue weighted by molar-refractivity contribution is 6.76. The minimum atomic E-state index is -2.25. The SMILES string of the molecule is CC(=O)OC[C@H]1O[C@H](OC(=N)C(Cl)(Cl)Cl)[C@H](OC(C)=O)[C@@H](OCc2ccccc2)[C@@H]1OC(C)=O. The Bertz CT molecular complexity index is 878. The van der Waals surface area contributed by atoms with Gasteiger partial charge in [-0.15, -0.1) is 0 Å². The summed E-state index contributed by atoms with van der Waals surface area (Å²) in [6, 6.07) is 9.01. The number of nitrogens with one attached hydrogen (secondary N) is 1. The first-order chi connectivity index (χ1) is 15.9. The second kappa shape index (κ2) is 12.6. The lowest BCUT2D eigenvalue weighted by atomic mass is 9.98. The molecule has 2 rings (SSSR count). The van der Waals surface area contributed by atoms with E-state index in [0.717, 1.165) is 12.5 Å². The predicted molar refractivity (Wildman–Crippen MR) is 121 cm³/mol. The van der Waals surface area contributed by atoms with Crippen LogP contribution in [0.25, 0.3) is 0 Å². The Hall–Kier alpha value is -2.11. The molecule has 0 radical (unpaired) electrons. The minimum Gasteiger partial charge on any atom is -0.463 e. The number of alkyl halides is 3. The van der Waals surface area contributed by atoms with Gasteiger partial charge in [-0.1, -0.05) is 65.1 Å². The number of benzene rings is 1. The highest BCUT2D eigenvalue weighted by Crippen LogP contribution is 2.34. The summed E-state index contributed by atoms with van der Waals surface area (Å²) >= 11 is 17.2. The van der Waals surface area contributed by atoms with Gasteiger partial charge in [0.25, 0.3) is 3.79 Å². The largest absolute Gasteiger partial charge is 0.463 e. The average Bonchev–Trinajstić information content (AvgIpc) is 2.73. The Morgan fingerprint density at radius 2 is 1.50 bits per heavy atom. The van der Waals surface area contributed by atoms with E-state index in [0.29, 0.717) is 0 Å². The first-order valence-corrected chi connectivity index (χ1v) is 11.1. The fourth-order valence-corrected chi connectivity index (χ4v) is 3.23. The average molecular weight is 541 g/mol. The molecule has 0 aliphatic carbocycles. The Labute approximate surface area is 211 Å². The van der Waals surface area contributed by atoms with Crippen LogP contribution in [0.2, 0.25) is 0 Å². The van der Waals surface area contributed by atoms with Crippen LogP contribution in [0, 0.1) is 5.41 Å². The number of carbonyl (C=O) groups is 3. The highest BCUT2D eigenvalue weighted by atomic mass is 35.6. The molecule has 0 amide bonds. The number of halogens is 3. The monoisotopic (exact) mass is 539 g/mol. The summed E-state index contributed by atoms with van der Waals surface area (Å²) in [6.45, 7) is 3.14. The molecule has 1 saturated heterocycles. The summed E-state index contributed by atoms with van der Waals surface area (Å²) in [7, 11) is 0. The van der Waals surface area contributed by atoms with Crippen molar-refractivity contribution >= 4 is 58.6 Å². The second-order valence-electron chi connectivity index (χ2n) is 7.20. The van der Waals surface area contributed by atoms with E-state index in [1.54, 1.807) is 24.3 Å². The topological polar surface area (TPSA) is 130 Å². The number of carbonyl (C=O) groups excluding carboxylic acids is 3. The molecule has 1 fully saturated rings. The summed E-state index contributed by atoms with van der Waals surface area (Å²) in [5, 5.41) is 7.90. The van der Waals surface area contributed by atoms with Crippen LogP contribution in [0.15, 0.2) is 30.3 Å². The summed E-state index contributed by atoms with van der Waals surface area (Å²) in [6.07, 6.45) is -6.37. The molecular weight excluding hydrogens is 517 g/mol. The molecule has 5 atom stereocenters. The smallest absolute Gasteiger partial charge is 0.303 e. The zero-order chi connectivity index (χ0) is 25.5. The van der Waals surface area contributed by atoms with Crippen molar-refractivity contribution in [3.63, 3.8) is 0 Å². The third kappa shape index (κ3) is 8.59. The van der Waals surface area contributed by atoms with Crippen LogP contribution in [0.5, 0.6) is 0 Å². The maximum absolute atomic E-state index is 11.9. The van der Waals surface area contributed by atoms with Gasteiger partial charge in [-0.3, -0.25) is 19.8 Å². The molecule has 34 heavy (non-hydrogen) atoms. The van der Waals surface area contributed by atoms with Gasteiger partial charge in [-0.05, 0) is 5.56 Å². The lowest BCUT2D eigenvalue weighted by Gasteiger charge is -2.44. The number of hydrogen-bond donors (Lipinski definition) is 1. The molecule has 0 bridgehead atoms. The molecule has 1 N–H and O–H groups in total. The second-order valence-corrected chi connectivity index (χ2v) is 9.48. The number of rotatable bonds is 8. The molecule has 10 nitrogen and oxygen atoms in total. The fourth-order valence-electron chi connectivity index (χ4n) is 3.10. The van der Waals surface area contributed by atoms with Crippen molar-refractivity contribution < 1.29 is 42.8 Å². The van der Waals surface area contributed by atoms with Crippen molar-refractivity contribution in [2.75, 3.05) is 6.61 Å². The van der Waals surface area contributed by atoms with Crippen molar-refractivity contribution in [2.24, 2.45) is 0 Å². The van der Waals surface area contributed by atoms with Gasteiger partial charge in [0.15, 0.2) is 12.2 Å². The van der Waals surface area contributed by atoms with Gasteiger partial charge in [0.1, 0.15) is 18.8 Å². The Morgan fingerprint density at radius 1 is 0.912 bits per heavy atom. The number of hydrogen-bond acceptors (Lipinski definition) is 10. The molecule has 0 spiro atoms. The van der Waals surface area contributed by atoms with E-state index in [1.165, 1.54) is 13.8 Å². The van der Waals surface area contributed by atoms with Gasteiger partial charge in [0.2, 0.25) is 12.2 Å². The Balaban J connectivity index is 2.44. The van der Waals surface area contributed by atoms with Crippen LogP contribution in [-0.4, -0.2) is 64.9 Å². The van der Waals surface area contributed by atoms with E-state index in [9.17, 15) is 14.4 Å². The molecule has 1 aromatic carbocycles. The van der Waals surface area contributed by atoms with Gasteiger partial charge in [-0.2, -0.15) is 0 Å². The van der Waals surface area contributed by atoms with Crippen LogP contribution in [-0.2, 0) is 49.4 Å². The van der Waals surface area contributed by atoms with Crippen molar-refractivity contribution in [3.8, 4) is 0 Å². The van der Waals surface area contributed by atoms with E-state index >= 15 is 0 Å². The van der Waals surface area contributed by atoms with Gasteiger partial charge in [-0.25, -0.2) is 0 Å². The maximum atomic E-state index is 11.9. The number of ether oxygens (including phenoxy) is 6. The van der Waals surface area contributed by atoms with Crippen LogP contribution in [0.1, 0.15) is 26.3 Å². The first kappa shape index (κ1) is 28.1. The third-order valence-corrected chi connectivity index (χ3v) is 4.94. The van der Waals surface area contributed by atoms with Crippen molar-refractivity contribution in [1.29, 1.82) is 5.41 Å². The Morgan fingerprint density at radius 3 is 2.03 bits per heavy atom. The van der Waals surface area contributed by atoms with E-state index in [2.05, 4.69) is 0 Å². The molecule has 1 aliphatic heterocycles. The summed E-state index contributed by atoms with van der Waals surface area (Å²) in [5.41, 5.74) is 0.764. The van der Waals surface area contributed by atoms with Crippen LogP contribution in [0.3, 0.4) is 0 Å². The standard InChI is InChI=1S/C21H24Cl3NO9/c1-11(26)29-10-15-16(31-12(2)27)17(30-9-14-7-5-4-6-8-14)18(32-13(3)28)19(33-15)34-20(25)21(22,23)24/h4-8,15-19,25H,9-10H2,1-3H3/t15-,16-,17+,18-,19-/m1/s1. The summed E-state index contributed by atoms with van der Waals surface area (Å²) in [4.78, 5) is 35.2. The fraction of sp³-hybridized carbons (Fsp3) is 0.524. The van der Waals surface area contributed by atoms with E-state index < -0.39 is 58.3 Å². The molecule has 13 heteroatoms. The van der Waals surface area contributed by atoms with Gasteiger partial charge in [0.05, 0.1) is 6.61 Å². The van der Waals surface area contributed by atoms with E-state index in [4.69, 9.17) is 68.6 Å². The van der Waals surface area contributed by atoms with Crippen LogP contribution >= 0.6 is 34.8 Å². The first-order valence-electron chi connectivity index (χ1n) is 9.99. The quantitative estimate of drug-likeness (QED) is 0.174. The zero-order valence-electron chi connectivity index (χ0n) is 18.5. The number of esters is 3.